The SMILES string of the molecule is COC1CC(C(=O)N2CCC(C(C)C)C2)C1. The Morgan fingerprint density at radius 1 is 1.38 bits per heavy atom. The molecule has 0 bridgehead atoms. The van der Waals surface area contributed by atoms with Crippen molar-refractivity contribution >= 4 is 5.91 Å². The monoisotopic (exact) mass is 225 g/mol. The molecule has 2 rings (SSSR count). The molecule has 0 aromatic heterocycles. The molecule has 1 aliphatic heterocycles. The molecule has 16 heavy (non-hydrogen) atoms. The first-order chi connectivity index (χ1) is 7.61. The van der Waals surface area contributed by atoms with E-state index in [1.165, 1.54) is 6.42 Å². The fourth-order valence-electron chi connectivity index (χ4n) is 2.75. The van der Waals surface area contributed by atoms with Gasteiger partial charge in [0, 0.05) is 26.1 Å². The van der Waals surface area contributed by atoms with Gasteiger partial charge in [0.25, 0.3) is 0 Å². The number of likely N-dealkylation sites (tertiary alicyclic amines) is 1. The number of amides is 1. The molecule has 0 spiro atoms. The Labute approximate surface area is 98.1 Å². The van der Waals surface area contributed by atoms with E-state index in [-0.39, 0.29) is 5.92 Å². The van der Waals surface area contributed by atoms with Gasteiger partial charge in [0.05, 0.1) is 6.10 Å². The van der Waals surface area contributed by atoms with E-state index in [2.05, 4.69) is 18.7 Å². The first-order valence-corrected chi connectivity index (χ1v) is 6.43. The summed E-state index contributed by atoms with van der Waals surface area (Å²) in [5, 5.41) is 0. The molecule has 0 N–H and O–H groups in total. The number of hydrogen-bond donors (Lipinski definition) is 0. The minimum atomic E-state index is 0.246. The molecule has 3 heteroatoms. The third-order valence-electron chi connectivity index (χ3n) is 4.26. The van der Waals surface area contributed by atoms with Crippen LogP contribution in [0.3, 0.4) is 0 Å². The lowest BCUT2D eigenvalue weighted by Crippen LogP contribution is -2.43. The fourth-order valence-corrected chi connectivity index (χ4v) is 2.75. The van der Waals surface area contributed by atoms with Crippen LogP contribution in [0.2, 0.25) is 0 Å². The smallest absolute Gasteiger partial charge is 0.225 e. The normalized spacial score (nSPS) is 34.2. The molecule has 0 radical (unpaired) electrons. The molecule has 0 aromatic carbocycles. The van der Waals surface area contributed by atoms with E-state index in [0.717, 1.165) is 25.9 Å². The molecule has 3 nitrogen and oxygen atoms in total. The zero-order valence-corrected chi connectivity index (χ0v) is 10.6. The van der Waals surface area contributed by atoms with Crippen molar-refractivity contribution in [3.63, 3.8) is 0 Å². The van der Waals surface area contributed by atoms with E-state index >= 15 is 0 Å². The van der Waals surface area contributed by atoms with Gasteiger partial charge >= 0.3 is 0 Å². The maximum Gasteiger partial charge on any atom is 0.225 e. The molecule has 2 fully saturated rings. The van der Waals surface area contributed by atoms with Crippen LogP contribution in [0.15, 0.2) is 0 Å². The van der Waals surface area contributed by atoms with E-state index < -0.39 is 0 Å². The van der Waals surface area contributed by atoms with Gasteiger partial charge in [0.2, 0.25) is 5.91 Å². The lowest BCUT2D eigenvalue weighted by Gasteiger charge is -2.35. The second-order valence-corrected chi connectivity index (χ2v) is 5.60. The van der Waals surface area contributed by atoms with E-state index in [1.54, 1.807) is 7.11 Å². The summed E-state index contributed by atoms with van der Waals surface area (Å²) >= 11 is 0. The van der Waals surface area contributed by atoms with Crippen molar-refractivity contribution in [1.29, 1.82) is 0 Å². The first-order valence-electron chi connectivity index (χ1n) is 6.43. The minimum absolute atomic E-state index is 0.246. The van der Waals surface area contributed by atoms with Crippen LogP contribution in [-0.4, -0.2) is 37.1 Å². The summed E-state index contributed by atoms with van der Waals surface area (Å²) in [4.78, 5) is 14.2. The lowest BCUT2D eigenvalue weighted by molar-refractivity contribution is -0.142. The fraction of sp³-hybridized carbons (Fsp3) is 0.923. The standard InChI is InChI=1S/C13H23NO2/c1-9(2)10-4-5-14(8-10)13(15)11-6-12(7-11)16-3/h9-12H,4-8H2,1-3H3. The van der Waals surface area contributed by atoms with Crippen LogP contribution in [0.1, 0.15) is 33.1 Å². The lowest BCUT2D eigenvalue weighted by atomic mass is 9.81. The van der Waals surface area contributed by atoms with Crippen LogP contribution in [0.25, 0.3) is 0 Å². The Morgan fingerprint density at radius 3 is 2.56 bits per heavy atom. The Kier molecular flexibility index (Phi) is 3.53. The largest absolute Gasteiger partial charge is 0.381 e. The van der Waals surface area contributed by atoms with E-state index in [1.807, 2.05) is 0 Å². The van der Waals surface area contributed by atoms with Gasteiger partial charge in [0.15, 0.2) is 0 Å². The summed E-state index contributed by atoms with van der Waals surface area (Å²) in [7, 11) is 1.73. The molecular formula is C13H23NO2. The topological polar surface area (TPSA) is 29.5 Å². The molecule has 1 saturated heterocycles. The molecule has 0 aromatic rings. The third-order valence-corrected chi connectivity index (χ3v) is 4.26. The summed E-state index contributed by atoms with van der Waals surface area (Å²) in [5.41, 5.74) is 0. The van der Waals surface area contributed by atoms with Crippen molar-refractivity contribution in [3.8, 4) is 0 Å². The molecule has 1 unspecified atom stereocenters. The van der Waals surface area contributed by atoms with Gasteiger partial charge in [-0.2, -0.15) is 0 Å². The predicted molar refractivity (Wildman–Crippen MR) is 63.0 cm³/mol. The molecule has 1 aliphatic carbocycles. The predicted octanol–water partition coefficient (Wildman–Crippen LogP) is 1.92. The van der Waals surface area contributed by atoms with Crippen molar-refractivity contribution < 1.29 is 9.53 Å². The highest BCUT2D eigenvalue weighted by atomic mass is 16.5. The summed E-state index contributed by atoms with van der Waals surface area (Å²) < 4.78 is 5.22. The molecular weight excluding hydrogens is 202 g/mol. The second-order valence-electron chi connectivity index (χ2n) is 5.60. The molecule has 92 valence electrons. The van der Waals surface area contributed by atoms with Crippen LogP contribution in [-0.2, 0) is 9.53 Å². The van der Waals surface area contributed by atoms with Gasteiger partial charge in [-0.25, -0.2) is 0 Å². The Morgan fingerprint density at radius 2 is 2.06 bits per heavy atom. The summed E-state index contributed by atoms with van der Waals surface area (Å²) in [6, 6.07) is 0. The summed E-state index contributed by atoms with van der Waals surface area (Å²) in [6.07, 6.45) is 3.37. The summed E-state index contributed by atoms with van der Waals surface area (Å²) in [6.45, 7) is 6.45. The van der Waals surface area contributed by atoms with Gasteiger partial charge in [-0.3, -0.25) is 4.79 Å². The zero-order valence-electron chi connectivity index (χ0n) is 10.6. The second kappa shape index (κ2) is 4.74. The van der Waals surface area contributed by atoms with Crippen LogP contribution in [0, 0.1) is 17.8 Å². The van der Waals surface area contributed by atoms with Crippen molar-refractivity contribution in [2.45, 2.75) is 39.2 Å². The third kappa shape index (κ3) is 2.24. The number of carbonyl (C=O) groups is 1. The number of methoxy groups -OCH3 is 1. The highest BCUT2D eigenvalue weighted by molar-refractivity contribution is 5.80. The highest BCUT2D eigenvalue weighted by Gasteiger charge is 2.39. The average Bonchev–Trinajstić information content (AvgIpc) is 2.64. The van der Waals surface area contributed by atoms with Crippen LogP contribution in [0.4, 0.5) is 0 Å². The van der Waals surface area contributed by atoms with Gasteiger partial charge in [-0.1, -0.05) is 13.8 Å². The molecule has 1 amide bonds. The number of rotatable bonds is 3. The maximum absolute atomic E-state index is 12.1. The average molecular weight is 225 g/mol. The van der Waals surface area contributed by atoms with E-state index in [9.17, 15) is 4.79 Å². The van der Waals surface area contributed by atoms with Crippen molar-refractivity contribution in [3.05, 3.63) is 0 Å². The minimum Gasteiger partial charge on any atom is -0.381 e. The molecule has 1 saturated carbocycles. The number of carbonyl (C=O) groups excluding carboxylic acids is 1. The number of hydrogen-bond acceptors (Lipinski definition) is 2. The first kappa shape index (κ1) is 11.9. The Balaban J connectivity index is 1.79. The quantitative estimate of drug-likeness (QED) is 0.734. The molecule has 1 heterocycles. The molecule has 2 aliphatic rings. The Hall–Kier alpha value is -0.570. The van der Waals surface area contributed by atoms with Crippen LogP contribution >= 0.6 is 0 Å². The Bertz CT molecular complexity index is 259. The zero-order chi connectivity index (χ0) is 11.7. The summed E-state index contributed by atoms with van der Waals surface area (Å²) in [5.74, 6) is 2.03. The van der Waals surface area contributed by atoms with E-state index in [4.69, 9.17) is 4.74 Å². The highest BCUT2D eigenvalue weighted by Crippen LogP contribution is 2.33. The van der Waals surface area contributed by atoms with Gasteiger partial charge in [0.1, 0.15) is 0 Å². The van der Waals surface area contributed by atoms with Gasteiger partial charge in [-0.05, 0) is 31.1 Å². The van der Waals surface area contributed by atoms with Crippen molar-refractivity contribution in [2.75, 3.05) is 20.2 Å². The maximum atomic E-state index is 12.1. The molecule has 1 atom stereocenters. The van der Waals surface area contributed by atoms with Crippen LogP contribution < -0.4 is 0 Å². The van der Waals surface area contributed by atoms with Crippen molar-refractivity contribution in [1.82, 2.24) is 4.90 Å². The van der Waals surface area contributed by atoms with E-state index in [0.29, 0.717) is 23.8 Å². The van der Waals surface area contributed by atoms with Gasteiger partial charge in [-0.15, -0.1) is 0 Å². The van der Waals surface area contributed by atoms with Gasteiger partial charge < -0.3 is 9.64 Å². The van der Waals surface area contributed by atoms with Crippen LogP contribution in [0.5, 0.6) is 0 Å². The number of nitrogens with zero attached hydrogens (tertiary/aromatic N) is 1. The van der Waals surface area contributed by atoms with Crippen molar-refractivity contribution in [2.24, 2.45) is 17.8 Å². The number of ether oxygens (including phenoxy) is 1.